The molecule has 1 aromatic rings. The van der Waals surface area contributed by atoms with Crippen LogP contribution in [0, 0.1) is 11.6 Å². The summed E-state index contributed by atoms with van der Waals surface area (Å²) in [7, 11) is 1.42. The first-order valence-corrected chi connectivity index (χ1v) is 9.81. The van der Waals surface area contributed by atoms with Crippen LogP contribution < -0.4 is 10.7 Å². The van der Waals surface area contributed by atoms with E-state index in [4.69, 9.17) is 4.74 Å². The molecule has 0 saturated heterocycles. The van der Waals surface area contributed by atoms with Crippen molar-refractivity contribution in [2.75, 3.05) is 20.4 Å². The number of carbonyl (C=O) groups is 2. The summed E-state index contributed by atoms with van der Waals surface area (Å²) in [5.74, 6) is -4.75. The highest BCUT2D eigenvalue weighted by Gasteiger charge is 2.28. The van der Waals surface area contributed by atoms with E-state index in [0.29, 0.717) is 6.07 Å². The largest absolute Gasteiger partial charge is 0.504 e. The van der Waals surface area contributed by atoms with Crippen molar-refractivity contribution < 1.29 is 33.3 Å². The molecular weight excluding hydrogens is 426 g/mol. The Morgan fingerprint density at radius 3 is 2.66 bits per heavy atom. The van der Waals surface area contributed by atoms with Crippen molar-refractivity contribution in [1.29, 1.82) is 0 Å². The van der Waals surface area contributed by atoms with E-state index in [-0.39, 0.29) is 43.4 Å². The molecule has 1 aliphatic rings. The Labute approximate surface area is 184 Å². The molecule has 1 aromatic carbocycles. The summed E-state index contributed by atoms with van der Waals surface area (Å²) in [4.78, 5) is 27.0. The molecule has 9 nitrogen and oxygen atoms in total. The van der Waals surface area contributed by atoms with Crippen LogP contribution in [0.15, 0.2) is 46.0 Å². The summed E-state index contributed by atoms with van der Waals surface area (Å²) in [6.45, 7) is 3.28. The third-order valence-electron chi connectivity index (χ3n) is 4.69. The van der Waals surface area contributed by atoms with Gasteiger partial charge in [-0.05, 0) is 19.9 Å². The molecule has 0 radical (unpaired) electrons. The first-order chi connectivity index (χ1) is 15.2. The Balaban J connectivity index is 2.41. The van der Waals surface area contributed by atoms with Gasteiger partial charge in [0.05, 0.1) is 18.4 Å². The zero-order valence-electron chi connectivity index (χ0n) is 18.0. The second-order valence-corrected chi connectivity index (χ2v) is 7.19. The highest BCUT2D eigenvalue weighted by molar-refractivity contribution is 6.13. The number of hydrogen-bond acceptors (Lipinski definition) is 7. The van der Waals surface area contributed by atoms with Crippen molar-refractivity contribution in [3.8, 4) is 0 Å². The smallest absolute Gasteiger partial charge is 0.257 e. The molecule has 0 saturated carbocycles. The van der Waals surface area contributed by atoms with E-state index in [1.54, 1.807) is 13.8 Å². The number of ether oxygens (including phenoxy) is 1. The van der Waals surface area contributed by atoms with Crippen molar-refractivity contribution in [2.45, 2.75) is 32.9 Å². The Hall–Kier alpha value is -3.47. The molecule has 1 aliphatic heterocycles. The van der Waals surface area contributed by atoms with Crippen molar-refractivity contribution in [3.63, 3.8) is 0 Å². The lowest BCUT2D eigenvalue weighted by Crippen LogP contribution is -2.43. The zero-order valence-corrected chi connectivity index (χ0v) is 18.0. The molecular formula is C21H26F2N4O5. The van der Waals surface area contributed by atoms with Crippen molar-refractivity contribution in [1.82, 2.24) is 15.6 Å². The number of carbonyl (C=O) groups excluding carboxylic acids is 2. The summed E-state index contributed by atoms with van der Waals surface area (Å²) in [6.07, 6.45) is 0.950. The Kier molecular flexibility index (Phi) is 8.71. The van der Waals surface area contributed by atoms with Gasteiger partial charge in [0.25, 0.3) is 11.8 Å². The number of aliphatic hydroxyl groups is 2. The molecule has 174 valence electrons. The predicted octanol–water partition coefficient (Wildman–Crippen LogP) is 2.03. The van der Waals surface area contributed by atoms with Crippen LogP contribution in [0.4, 0.5) is 8.78 Å². The molecule has 2 rings (SSSR count). The van der Waals surface area contributed by atoms with Crippen LogP contribution in [-0.4, -0.2) is 59.6 Å². The molecule has 2 amide bonds. The van der Waals surface area contributed by atoms with Crippen LogP contribution >= 0.6 is 0 Å². The molecule has 0 aromatic heterocycles. The van der Waals surface area contributed by atoms with Crippen LogP contribution in [0.1, 0.15) is 25.8 Å². The van der Waals surface area contributed by atoms with Gasteiger partial charge in [0.1, 0.15) is 23.9 Å². The maximum absolute atomic E-state index is 13.8. The van der Waals surface area contributed by atoms with E-state index in [1.165, 1.54) is 18.1 Å². The summed E-state index contributed by atoms with van der Waals surface area (Å²) in [5, 5.41) is 27.4. The standard InChI is InChI=1S/C21H26F2N4O5/c1-12(2)27-11-26-25-10-16(19(29)18(28)15(21(27)31)6-7-32-3)20(30)24-9-13-4-5-14(22)8-17(13)23/h4-5,8,10,12,26,28-29H,6-7,9,11H2,1-3H3,(H,24,30)/b18-15-,19-16?,25-10?. The lowest BCUT2D eigenvalue weighted by atomic mass is 10.1. The van der Waals surface area contributed by atoms with E-state index in [2.05, 4.69) is 15.8 Å². The van der Waals surface area contributed by atoms with Gasteiger partial charge in [-0.15, -0.1) is 0 Å². The number of rotatable bonds is 7. The maximum atomic E-state index is 13.8. The number of nitrogens with one attached hydrogen (secondary N) is 2. The first kappa shape index (κ1) is 24.8. The minimum Gasteiger partial charge on any atom is -0.504 e. The first-order valence-electron chi connectivity index (χ1n) is 9.81. The number of hydrazone groups is 1. The molecule has 0 bridgehead atoms. The van der Waals surface area contributed by atoms with Gasteiger partial charge in [-0.3, -0.25) is 15.0 Å². The number of halogens is 2. The van der Waals surface area contributed by atoms with Crippen molar-refractivity contribution >= 4 is 18.0 Å². The zero-order chi connectivity index (χ0) is 23.8. The Bertz CT molecular complexity index is 960. The van der Waals surface area contributed by atoms with E-state index < -0.39 is 40.5 Å². The van der Waals surface area contributed by atoms with Gasteiger partial charge in [-0.25, -0.2) is 8.78 Å². The quantitative estimate of drug-likeness (QED) is 0.502. The van der Waals surface area contributed by atoms with E-state index in [0.717, 1.165) is 12.3 Å². The minimum atomic E-state index is -0.900. The summed E-state index contributed by atoms with van der Waals surface area (Å²) >= 11 is 0. The van der Waals surface area contributed by atoms with E-state index in [1.807, 2.05) is 0 Å². The van der Waals surface area contributed by atoms with Crippen LogP contribution in [0.25, 0.3) is 0 Å². The molecule has 4 N–H and O–H groups in total. The SMILES string of the molecule is COCC/C1=C(/O)C(O)=C(C(=O)NCc2ccc(F)cc2F)C=NNCN(C(C)C)C1=O. The molecule has 1 heterocycles. The second kappa shape index (κ2) is 11.2. The highest BCUT2D eigenvalue weighted by Crippen LogP contribution is 2.20. The molecule has 32 heavy (non-hydrogen) atoms. The van der Waals surface area contributed by atoms with Crippen LogP contribution in [0.3, 0.4) is 0 Å². The number of nitrogens with zero attached hydrogens (tertiary/aromatic N) is 2. The van der Waals surface area contributed by atoms with Gasteiger partial charge < -0.3 is 25.2 Å². The molecule has 0 aliphatic carbocycles. The Morgan fingerprint density at radius 2 is 2.03 bits per heavy atom. The van der Waals surface area contributed by atoms with Crippen molar-refractivity contribution in [3.05, 3.63) is 58.1 Å². The van der Waals surface area contributed by atoms with E-state index in [9.17, 15) is 28.6 Å². The fraction of sp³-hybridized carbons (Fsp3) is 0.381. The average Bonchev–Trinajstić information content (AvgIpc) is 2.74. The number of amides is 2. The third kappa shape index (κ3) is 6.03. The lowest BCUT2D eigenvalue weighted by Gasteiger charge is -2.28. The van der Waals surface area contributed by atoms with E-state index >= 15 is 0 Å². The number of aliphatic hydroxyl groups excluding tert-OH is 2. The highest BCUT2D eigenvalue weighted by atomic mass is 19.1. The topological polar surface area (TPSA) is 123 Å². The number of methoxy groups -OCH3 is 1. The number of hydrogen-bond donors (Lipinski definition) is 4. The molecule has 0 fully saturated rings. The molecule has 11 heteroatoms. The Morgan fingerprint density at radius 1 is 1.31 bits per heavy atom. The minimum absolute atomic E-state index is 0.0121. The molecule has 0 spiro atoms. The van der Waals surface area contributed by atoms with Gasteiger partial charge >= 0.3 is 0 Å². The lowest BCUT2D eigenvalue weighted by molar-refractivity contribution is -0.129. The molecule has 0 atom stereocenters. The maximum Gasteiger partial charge on any atom is 0.257 e. The molecule has 0 unspecified atom stereocenters. The summed E-state index contributed by atoms with van der Waals surface area (Å²) in [5.41, 5.74) is 2.02. The van der Waals surface area contributed by atoms with Crippen molar-refractivity contribution in [2.24, 2.45) is 5.10 Å². The van der Waals surface area contributed by atoms with Gasteiger partial charge in [0.2, 0.25) is 0 Å². The monoisotopic (exact) mass is 452 g/mol. The number of benzene rings is 1. The van der Waals surface area contributed by atoms with Gasteiger partial charge in [0, 0.05) is 37.7 Å². The summed E-state index contributed by atoms with van der Waals surface area (Å²) < 4.78 is 31.9. The van der Waals surface area contributed by atoms with Gasteiger partial charge in [0.15, 0.2) is 11.5 Å². The van der Waals surface area contributed by atoms with Crippen LogP contribution in [0.2, 0.25) is 0 Å². The van der Waals surface area contributed by atoms with Crippen LogP contribution in [-0.2, 0) is 20.9 Å². The third-order valence-corrected chi connectivity index (χ3v) is 4.69. The normalized spacial score (nSPS) is 17.6. The van der Waals surface area contributed by atoms with Gasteiger partial charge in [-0.1, -0.05) is 6.07 Å². The van der Waals surface area contributed by atoms with Gasteiger partial charge in [-0.2, -0.15) is 5.10 Å². The second-order valence-electron chi connectivity index (χ2n) is 7.19. The fourth-order valence-electron chi connectivity index (χ4n) is 2.85. The van der Waals surface area contributed by atoms with Crippen LogP contribution in [0.5, 0.6) is 0 Å². The predicted molar refractivity (Wildman–Crippen MR) is 112 cm³/mol. The average molecular weight is 452 g/mol. The fourth-order valence-corrected chi connectivity index (χ4v) is 2.85. The summed E-state index contributed by atoms with van der Waals surface area (Å²) in [6, 6.07) is 2.63.